The van der Waals surface area contributed by atoms with Gasteiger partial charge in [-0.3, -0.25) is 0 Å². The van der Waals surface area contributed by atoms with Crippen LogP contribution in [0.3, 0.4) is 0 Å². The number of hydrogen-bond acceptors (Lipinski definition) is 1. The van der Waals surface area contributed by atoms with Crippen LogP contribution < -0.4 is 4.57 Å². The van der Waals surface area contributed by atoms with Crippen LogP contribution in [0.1, 0.15) is 10.9 Å². The van der Waals surface area contributed by atoms with Crippen molar-refractivity contribution >= 4 is 11.6 Å². The van der Waals surface area contributed by atoms with Crippen LogP contribution in [0.4, 0.5) is 0 Å². The predicted octanol–water partition coefficient (Wildman–Crippen LogP) is 2.51. The highest BCUT2D eigenvalue weighted by Crippen LogP contribution is 2.18. The van der Waals surface area contributed by atoms with E-state index < -0.39 is 0 Å². The second-order valence-corrected chi connectivity index (χ2v) is 3.33. The van der Waals surface area contributed by atoms with Gasteiger partial charge in [-0.1, -0.05) is 6.08 Å². The third-order valence-corrected chi connectivity index (χ3v) is 2.26. The van der Waals surface area contributed by atoms with E-state index in [4.69, 9.17) is 16.7 Å². The van der Waals surface area contributed by atoms with Crippen molar-refractivity contribution in [2.24, 2.45) is 0 Å². The van der Waals surface area contributed by atoms with E-state index in [1.165, 1.54) is 0 Å². The summed E-state index contributed by atoms with van der Waals surface area (Å²) in [5, 5.41) is 8.35. The van der Waals surface area contributed by atoms with Crippen LogP contribution in [0.15, 0.2) is 49.5 Å². The molecule has 3 heteroatoms. The summed E-state index contributed by atoms with van der Waals surface area (Å²) in [5.41, 5.74) is 0.996. The molecule has 1 heterocycles. The lowest BCUT2D eigenvalue weighted by atomic mass is 10.2. The summed E-state index contributed by atoms with van der Waals surface area (Å²) in [7, 11) is 0. The third kappa shape index (κ3) is 2.89. The average Bonchev–Trinajstić information content (AvgIpc) is 2.25. The van der Waals surface area contributed by atoms with E-state index in [0.29, 0.717) is 6.54 Å². The van der Waals surface area contributed by atoms with Crippen molar-refractivity contribution in [2.45, 2.75) is 11.9 Å². The molecular weight excluding hydrogens is 198 g/mol. The zero-order chi connectivity index (χ0) is 10.4. The van der Waals surface area contributed by atoms with E-state index in [1.54, 1.807) is 12.2 Å². The molecule has 1 N–H and O–H groups in total. The molecule has 0 saturated heterocycles. The number of pyridine rings is 1. The Morgan fingerprint density at radius 2 is 2.43 bits per heavy atom. The average molecular weight is 211 g/mol. The lowest BCUT2D eigenvalue weighted by Gasteiger charge is -2.01. The number of halogens is 1. The Morgan fingerprint density at radius 1 is 1.64 bits per heavy atom. The summed E-state index contributed by atoms with van der Waals surface area (Å²) in [4.78, 5) is 0. The molecular formula is C11H13ClNO+. The second-order valence-electron chi connectivity index (χ2n) is 2.86. The molecule has 0 fully saturated rings. The van der Waals surface area contributed by atoms with Crippen molar-refractivity contribution < 1.29 is 9.67 Å². The molecule has 1 unspecified atom stereocenters. The van der Waals surface area contributed by atoms with Gasteiger partial charge in [-0.15, -0.1) is 18.2 Å². The smallest absolute Gasteiger partial charge is 0.174 e. The monoisotopic (exact) mass is 210 g/mol. The normalized spacial score (nSPS) is 12.9. The number of aliphatic hydroxyl groups is 1. The minimum Gasteiger partial charge on any atom is -0.516 e. The van der Waals surface area contributed by atoms with Crippen LogP contribution in [0.25, 0.3) is 0 Å². The molecule has 0 aromatic carbocycles. The standard InChI is InChI=1S/C11H12ClNO/c1-2-11(12)10-5-3-6-13(9-10)7-4-8-14/h2-6,8-9,11H,1,7H2/p+1. The molecule has 0 bridgehead atoms. The Bertz CT molecular complexity index is 336. The summed E-state index contributed by atoms with van der Waals surface area (Å²) in [6.07, 6.45) is 8.21. The van der Waals surface area contributed by atoms with Crippen LogP contribution in [0.5, 0.6) is 0 Å². The molecule has 74 valence electrons. The SMILES string of the molecule is C=CC(Cl)c1ccc[n+](CC=CO)c1. The molecule has 14 heavy (non-hydrogen) atoms. The van der Waals surface area contributed by atoms with Crippen molar-refractivity contribution in [3.8, 4) is 0 Å². The Kier molecular flexibility index (Phi) is 4.20. The van der Waals surface area contributed by atoms with Gasteiger partial charge >= 0.3 is 0 Å². The van der Waals surface area contributed by atoms with Gasteiger partial charge in [0.1, 0.15) is 0 Å². The van der Waals surface area contributed by atoms with Gasteiger partial charge < -0.3 is 5.11 Å². The minimum atomic E-state index is -0.166. The van der Waals surface area contributed by atoms with Gasteiger partial charge in [0.2, 0.25) is 0 Å². The first-order valence-electron chi connectivity index (χ1n) is 4.32. The summed E-state index contributed by atoms with van der Waals surface area (Å²) in [6, 6.07) is 3.86. The van der Waals surface area contributed by atoms with Crippen LogP contribution >= 0.6 is 11.6 Å². The highest BCUT2D eigenvalue weighted by Gasteiger charge is 2.07. The number of hydrogen-bond donors (Lipinski definition) is 1. The zero-order valence-electron chi connectivity index (χ0n) is 7.81. The van der Waals surface area contributed by atoms with E-state index in [2.05, 4.69) is 6.58 Å². The van der Waals surface area contributed by atoms with Crippen molar-refractivity contribution in [2.75, 3.05) is 0 Å². The predicted molar refractivity (Wildman–Crippen MR) is 57.2 cm³/mol. The number of aliphatic hydroxyl groups excluding tert-OH is 1. The lowest BCUT2D eigenvalue weighted by Crippen LogP contribution is -2.32. The summed E-state index contributed by atoms with van der Waals surface area (Å²) < 4.78 is 1.93. The molecule has 0 aliphatic carbocycles. The quantitative estimate of drug-likeness (QED) is 0.351. The molecule has 0 spiro atoms. The van der Waals surface area contributed by atoms with Crippen molar-refractivity contribution in [3.63, 3.8) is 0 Å². The Morgan fingerprint density at radius 3 is 3.07 bits per heavy atom. The number of alkyl halides is 1. The maximum absolute atomic E-state index is 8.52. The van der Waals surface area contributed by atoms with E-state index in [0.717, 1.165) is 11.8 Å². The first-order chi connectivity index (χ1) is 6.77. The molecule has 1 aromatic rings. The van der Waals surface area contributed by atoms with E-state index in [1.807, 2.05) is 29.1 Å². The maximum Gasteiger partial charge on any atom is 0.174 e. The first kappa shape index (κ1) is 10.8. The van der Waals surface area contributed by atoms with Crippen LogP contribution in [0, 0.1) is 0 Å². The fourth-order valence-corrected chi connectivity index (χ4v) is 1.25. The molecule has 0 aliphatic heterocycles. The maximum atomic E-state index is 8.52. The summed E-state index contributed by atoms with van der Waals surface area (Å²) >= 11 is 6.00. The molecule has 1 atom stereocenters. The lowest BCUT2D eigenvalue weighted by molar-refractivity contribution is -0.687. The molecule has 0 aliphatic rings. The fraction of sp³-hybridized carbons (Fsp3) is 0.182. The molecule has 2 nitrogen and oxygen atoms in total. The van der Waals surface area contributed by atoms with Gasteiger partial charge in [0, 0.05) is 17.7 Å². The van der Waals surface area contributed by atoms with Gasteiger partial charge in [0.15, 0.2) is 18.9 Å². The van der Waals surface area contributed by atoms with E-state index >= 15 is 0 Å². The second kappa shape index (κ2) is 5.45. The largest absolute Gasteiger partial charge is 0.516 e. The summed E-state index contributed by atoms with van der Waals surface area (Å²) in [6.45, 7) is 4.26. The van der Waals surface area contributed by atoms with Crippen molar-refractivity contribution in [1.29, 1.82) is 0 Å². The van der Waals surface area contributed by atoms with Gasteiger partial charge in [0.25, 0.3) is 0 Å². The Balaban J connectivity index is 2.83. The first-order valence-corrected chi connectivity index (χ1v) is 4.76. The van der Waals surface area contributed by atoms with Crippen molar-refractivity contribution in [1.82, 2.24) is 0 Å². The topological polar surface area (TPSA) is 24.1 Å². The number of allylic oxidation sites excluding steroid dienone is 2. The van der Waals surface area contributed by atoms with Gasteiger partial charge in [-0.25, -0.2) is 4.57 Å². The summed E-state index contributed by atoms with van der Waals surface area (Å²) in [5.74, 6) is 0. The number of nitrogens with zero attached hydrogens (tertiary/aromatic N) is 1. The number of aromatic nitrogens is 1. The minimum absolute atomic E-state index is 0.166. The van der Waals surface area contributed by atoms with Gasteiger partial charge in [-0.2, -0.15) is 0 Å². The van der Waals surface area contributed by atoms with Crippen LogP contribution in [0.2, 0.25) is 0 Å². The van der Waals surface area contributed by atoms with Gasteiger partial charge in [0.05, 0.1) is 11.6 Å². The highest BCUT2D eigenvalue weighted by atomic mass is 35.5. The van der Waals surface area contributed by atoms with Crippen LogP contribution in [-0.2, 0) is 6.54 Å². The third-order valence-electron chi connectivity index (χ3n) is 1.83. The molecule has 0 amide bonds. The fourth-order valence-electron chi connectivity index (χ4n) is 1.12. The van der Waals surface area contributed by atoms with Crippen molar-refractivity contribution in [3.05, 3.63) is 55.1 Å². The Hall–Kier alpha value is -1.28. The van der Waals surface area contributed by atoms with E-state index in [-0.39, 0.29) is 5.38 Å². The van der Waals surface area contributed by atoms with E-state index in [9.17, 15) is 0 Å². The Labute approximate surface area is 88.8 Å². The van der Waals surface area contributed by atoms with Crippen LogP contribution in [-0.4, -0.2) is 5.11 Å². The molecule has 0 saturated carbocycles. The highest BCUT2D eigenvalue weighted by molar-refractivity contribution is 6.21. The van der Waals surface area contributed by atoms with Gasteiger partial charge in [-0.05, 0) is 6.07 Å². The number of rotatable bonds is 4. The molecule has 1 rings (SSSR count). The zero-order valence-corrected chi connectivity index (χ0v) is 8.56. The molecule has 0 radical (unpaired) electrons. The molecule has 1 aromatic heterocycles.